The SMILES string of the molecule is CCc1ccccc1NC(=O)CN1C(=O)N/C(=C/c2ccc(N(C)C)cc2)C1=O. The minimum Gasteiger partial charge on any atom is -0.378 e. The van der Waals surface area contributed by atoms with Gasteiger partial charge in [-0.3, -0.25) is 9.59 Å². The van der Waals surface area contributed by atoms with Gasteiger partial charge < -0.3 is 15.5 Å². The fraction of sp³-hybridized carbons (Fsp3) is 0.227. The van der Waals surface area contributed by atoms with E-state index in [-0.39, 0.29) is 12.2 Å². The van der Waals surface area contributed by atoms with Gasteiger partial charge in [0, 0.05) is 25.5 Å². The molecule has 2 aromatic carbocycles. The van der Waals surface area contributed by atoms with Gasteiger partial charge in [-0.05, 0) is 41.8 Å². The van der Waals surface area contributed by atoms with Gasteiger partial charge in [-0.25, -0.2) is 9.69 Å². The number of hydrogen-bond acceptors (Lipinski definition) is 4. The first kappa shape index (κ1) is 20.1. The van der Waals surface area contributed by atoms with Gasteiger partial charge in [-0.2, -0.15) is 0 Å². The molecule has 4 amide bonds. The van der Waals surface area contributed by atoms with Crippen LogP contribution in [0, 0.1) is 0 Å². The summed E-state index contributed by atoms with van der Waals surface area (Å²) < 4.78 is 0. The molecular weight excluding hydrogens is 368 g/mol. The highest BCUT2D eigenvalue weighted by Crippen LogP contribution is 2.18. The second-order valence-electron chi connectivity index (χ2n) is 6.92. The Bertz CT molecular complexity index is 964. The number of anilines is 2. The Morgan fingerprint density at radius 1 is 1.10 bits per heavy atom. The first-order chi connectivity index (χ1) is 13.9. The maximum atomic E-state index is 12.6. The van der Waals surface area contributed by atoms with E-state index in [1.807, 2.05) is 68.4 Å². The zero-order valence-corrected chi connectivity index (χ0v) is 16.7. The van der Waals surface area contributed by atoms with Crippen molar-refractivity contribution in [2.75, 3.05) is 30.9 Å². The Kier molecular flexibility index (Phi) is 5.97. The lowest BCUT2D eigenvalue weighted by atomic mass is 10.1. The number of rotatable bonds is 6. The molecule has 0 spiro atoms. The van der Waals surface area contributed by atoms with E-state index in [0.717, 1.165) is 28.1 Å². The van der Waals surface area contributed by atoms with Crippen molar-refractivity contribution in [3.63, 3.8) is 0 Å². The van der Waals surface area contributed by atoms with Crippen molar-refractivity contribution in [2.45, 2.75) is 13.3 Å². The summed E-state index contributed by atoms with van der Waals surface area (Å²) in [5, 5.41) is 5.31. The summed E-state index contributed by atoms with van der Waals surface area (Å²) in [7, 11) is 3.88. The third kappa shape index (κ3) is 4.63. The summed E-state index contributed by atoms with van der Waals surface area (Å²) in [5.74, 6) is -0.948. The lowest BCUT2D eigenvalue weighted by Crippen LogP contribution is -2.38. The molecule has 0 bridgehead atoms. The third-order valence-electron chi connectivity index (χ3n) is 4.66. The van der Waals surface area contributed by atoms with E-state index >= 15 is 0 Å². The number of urea groups is 1. The fourth-order valence-electron chi connectivity index (χ4n) is 3.03. The number of imide groups is 1. The zero-order chi connectivity index (χ0) is 21.0. The van der Waals surface area contributed by atoms with E-state index in [1.54, 1.807) is 12.1 Å². The number of benzene rings is 2. The van der Waals surface area contributed by atoms with Gasteiger partial charge in [0.15, 0.2) is 0 Å². The number of hydrogen-bond donors (Lipinski definition) is 2. The van der Waals surface area contributed by atoms with Crippen LogP contribution in [0.2, 0.25) is 0 Å². The minimum absolute atomic E-state index is 0.148. The number of nitrogens with zero attached hydrogens (tertiary/aromatic N) is 2. The zero-order valence-electron chi connectivity index (χ0n) is 16.7. The van der Waals surface area contributed by atoms with Crippen LogP contribution in [0.1, 0.15) is 18.1 Å². The molecule has 0 saturated carbocycles. The van der Waals surface area contributed by atoms with Crippen molar-refractivity contribution in [3.8, 4) is 0 Å². The molecule has 0 aromatic heterocycles. The quantitative estimate of drug-likeness (QED) is 0.585. The molecular formula is C22H24N4O3. The predicted molar refractivity (Wildman–Crippen MR) is 113 cm³/mol. The van der Waals surface area contributed by atoms with Crippen LogP contribution in [0.25, 0.3) is 6.08 Å². The highest BCUT2D eigenvalue weighted by Gasteiger charge is 2.34. The molecule has 0 atom stereocenters. The van der Waals surface area contributed by atoms with E-state index in [1.165, 1.54) is 0 Å². The van der Waals surface area contributed by atoms with Crippen molar-refractivity contribution >= 4 is 35.3 Å². The first-order valence-electron chi connectivity index (χ1n) is 9.38. The van der Waals surface area contributed by atoms with Gasteiger partial charge in [-0.1, -0.05) is 37.3 Å². The Morgan fingerprint density at radius 3 is 2.45 bits per heavy atom. The van der Waals surface area contributed by atoms with Gasteiger partial charge in [0.1, 0.15) is 12.2 Å². The summed E-state index contributed by atoms with van der Waals surface area (Å²) >= 11 is 0. The average molecular weight is 392 g/mol. The predicted octanol–water partition coefficient (Wildman–Crippen LogP) is 2.85. The number of amides is 4. The molecule has 0 aliphatic carbocycles. The van der Waals surface area contributed by atoms with Gasteiger partial charge in [0.2, 0.25) is 5.91 Å². The summed E-state index contributed by atoms with van der Waals surface area (Å²) in [6.45, 7) is 1.64. The smallest absolute Gasteiger partial charge is 0.329 e. The number of para-hydroxylation sites is 1. The summed E-state index contributed by atoms with van der Waals surface area (Å²) in [4.78, 5) is 40.1. The number of carbonyl (C=O) groups excluding carboxylic acids is 3. The Balaban J connectivity index is 1.69. The van der Waals surface area contributed by atoms with Gasteiger partial charge >= 0.3 is 6.03 Å². The molecule has 1 heterocycles. The summed E-state index contributed by atoms with van der Waals surface area (Å²) in [5.41, 5.74) is 3.62. The molecule has 2 aromatic rings. The monoisotopic (exact) mass is 392 g/mol. The average Bonchev–Trinajstić information content (AvgIpc) is 2.96. The minimum atomic E-state index is -0.606. The molecule has 1 saturated heterocycles. The summed E-state index contributed by atoms with van der Waals surface area (Å²) in [6, 6.07) is 14.4. The lowest BCUT2D eigenvalue weighted by molar-refractivity contribution is -0.127. The van der Waals surface area contributed by atoms with Gasteiger partial charge in [-0.15, -0.1) is 0 Å². The van der Waals surface area contributed by atoms with Crippen molar-refractivity contribution < 1.29 is 14.4 Å². The third-order valence-corrected chi connectivity index (χ3v) is 4.66. The fourth-order valence-corrected chi connectivity index (χ4v) is 3.03. The van der Waals surface area contributed by atoms with Crippen molar-refractivity contribution in [3.05, 3.63) is 65.4 Å². The van der Waals surface area contributed by atoms with Crippen LogP contribution in [0.15, 0.2) is 54.2 Å². The van der Waals surface area contributed by atoms with Crippen LogP contribution in [-0.2, 0) is 16.0 Å². The largest absolute Gasteiger partial charge is 0.378 e. The highest BCUT2D eigenvalue weighted by atomic mass is 16.2. The van der Waals surface area contributed by atoms with E-state index in [0.29, 0.717) is 5.69 Å². The highest BCUT2D eigenvalue weighted by molar-refractivity contribution is 6.16. The Labute approximate surface area is 170 Å². The molecule has 150 valence electrons. The number of carbonyl (C=O) groups is 3. The second kappa shape index (κ2) is 8.60. The normalized spacial score (nSPS) is 14.9. The summed E-state index contributed by atoms with van der Waals surface area (Å²) in [6.07, 6.45) is 2.36. The molecule has 2 N–H and O–H groups in total. The Morgan fingerprint density at radius 2 is 1.79 bits per heavy atom. The first-order valence-corrected chi connectivity index (χ1v) is 9.38. The van der Waals surface area contributed by atoms with Crippen LogP contribution in [0.4, 0.5) is 16.2 Å². The molecule has 1 aliphatic rings. The van der Waals surface area contributed by atoms with E-state index in [4.69, 9.17) is 0 Å². The maximum Gasteiger partial charge on any atom is 0.329 e. The maximum absolute atomic E-state index is 12.6. The van der Waals surface area contributed by atoms with Crippen LogP contribution in [-0.4, -0.2) is 43.4 Å². The molecule has 0 radical (unpaired) electrons. The number of nitrogens with one attached hydrogen (secondary N) is 2. The molecule has 7 heteroatoms. The second-order valence-corrected chi connectivity index (χ2v) is 6.92. The van der Waals surface area contributed by atoms with Gasteiger partial charge in [0.05, 0.1) is 0 Å². The molecule has 7 nitrogen and oxygen atoms in total. The standard InChI is InChI=1S/C22H24N4O3/c1-4-16-7-5-6-8-18(16)23-20(27)14-26-21(28)19(24-22(26)29)13-15-9-11-17(12-10-15)25(2)3/h5-13H,4,14H2,1-3H3,(H,23,27)(H,24,29)/b19-13+. The molecule has 1 fully saturated rings. The topological polar surface area (TPSA) is 81.8 Å². The van der Waals surface area contributed by atoms with E-state index < -0.39 is 17.8 Å². The van der Waals surface area contributed by atoms with Crippen molar-refractivity contribution in [1.82, 2.24) is 10.2 Å². The molecule has 0 unspecified atom stereocenters. The van der Waals surface area contributed by atoms with E-state index in [2.05, 4.69) is 10.6 Å². The lowest BCUT2D eigenvalue weighted by Gasteiger charge is -2.13. The van der Waals surface area contributed by atoms with Crippen LogP contribution >= 0.6 is 0 Å². The Hall–Kier alpha value is -3.61. The molecule has 1 aliphatic heterocycles. The molecule has 3 rings (SSSR count). The van der Waals surface area contributed by atoms with Crippen LogP contribution in [0.5, 0.6) is 0 Å². The van der Waals surface area contributed by atoms with Crippen LogP contribution < -0.4 is 15.5 Å². The van der Waals surface area contributed by atoms with Crippen LogP contribution in [0.3, 0.4) is 0 Å². The molecule has 29 heavy (non-hydrogen) atoms. The van der Waals surface area contributed by atoms with E-state index in [9.17, 15) is 14.4 Å². The number of aryl methyl sites for hydroxylation is 1. The van der Waals surface area contributed by atoms with Crippen molar-refractivity contribution in [2.24, 2.45) is 0 Å². The van der Waals surface area contributed by atoms with Gasteiger partial charge in [0.25, 0.3) is 5.91 Å². The van der Waals surface area contributed by atoms with Crippen molar-refractivity contribution in [1.29, 1.82) is 0 Å².